The third-order valence-corrected chi connectivity index (χ3v) is 4.45. The lowest BCUT2D eigenvalue weighted by Gasteiger charge is -2.28. The van der Waals surface area contributed by atoms with Crippen molar-refractivity contribution in [2.24, 2.45) is 5.73 Å². The van der Waals surface area contributed by atoms with Gasteiger partial charge in [0.25, 0.3) is 5.91 Å². The van der Waals surface area contributed by atoms with Crippen LogP contribution < -0.4 is 10.6 Å². The first kappa shape index (κ1) is 16.4. The minimum absolute atomic E-state index is 0.146. The SMILES string of the molecule is NC(=O)c1cc(N2CCCC2CC(O)c2ccc(F)cc2)ccn1. The molecule has 0 saturated carbocycles. The molecule has 1 aliphatic heterocycles. The second kappa shape index (κ2) is 6.97. The molecule has 0 aliphatic carbocycles. The Morgan fingerprint density at radius 1 is 1.38 bits per heavy atom. The van der Waals surface area contributed by atoms with Crippen molar-refractivity contribution in [2.75, 3.05) is 11.4 Å². The quantitative estimate of drug-likeness (QED) is 0.883. The molecule has 1 aliphatic rings. The van der Waals surface area contributed by atoms with E-state index in [4.69, 9.17) is 5.73 Å². The molecule has 24 heavy (non-hydrogen) atoms. The summed E-state index contributed by atoms with van der Waals surface area (Å²) in [7, 11) is 0. The van der Waals surface area contributed by atoms with E-state index in [1.807, 2.05) is 6.07 Å². The van der Waals surface area contributed by atoms with Gasteiger partial charge in [0.05, 0.1) is 6.10 Å². The lowest BCUT2D eigenvalue weighted by molar-refractivity contribution is 0.0995. The maximum absolute atomic E-state index is 13.0. The van der Waals surface area contributed by atoms with Crippen molar-refractivity contribution in [1.29, 1.82) is 0 Å². The summed E-state index contributed by atoms with van der Waals surface area (Å²) in [5.74, 6) is -0.872. The largest absolute Gasteiger partial charge is 0.388 e. The van der Waals surface area contributed by atoms with Gasteiger partial charge in [-0.3, -0.25) is 9.78 Å². The van der Waals surface area contributed by atoms with E-state index in [1.54, 1.807) is 24.4 Å². The van der Waals surface area contributed by atoms with E-state index in [0.717, 1.165) is 25.1 Å². The number of nitrogens with zero attached hydrogens (tertiary/aromatic N) is 2. The average molecular weight is 329 g/mol. The number of hydrogen-bond acceptors (Lipinski definition) is 4. The highest BCUT2D eigenvalue weighted by Gasteiger charge is 2.28. The number of primary amides is 1. The van der Waals surface area contributed by atoms with Crippen LogP contribution in [0, 0.1) is 5.82 Å². The van der Waals surface area contributed by atoms with E-state index in [9.17, 15) is 14.3 Å². The number of rotatable bonds is 5. The normalized spacial score (nSPS) is 18.6. The molecule has 3 N–H and O–H groups in total. The lowest BCUT2D eigenvalue weighted by atomic mass is 10.00. The van der Waals surface area contributed by atoms with Gasteiger partial charge in [-0.05, 0) is 49.1 Å². The molecular weight excluding hydrogens is 309 g/mol. The summed E-state index contributed by atoms with van der Waals surface area (Å²) >= 11 is 0. The number of carbonyl (C=O) groups excluding carboxylic acids is 1. The van der Waals surface area contributed by atoms with Gasteiger partial charge in [-0.15, -0.1) is 0 Å². The summed E-state index contributed by atoms with van der Waals surface area (Å²) in [5.41, 5.74) is 7.11. The van der Waals surface area contributed by atoms with Crippen LogP contribution >= 0.6 is 0 Å². The number of nitrogens with two attached hydrogens (primary N) is 1. The van der Waals surface area contributed by atoms with Gasteiger partial charge in [-0.1, -0.05) is 12.1 Å². The van der Waals surface area contributed by atoms with Gasteiger partial charge >= 0.3 is 0 Å². The van der Waals surface area contributed by atoms with Crippen molar-refractivity contribution in [3.8, 4) is 0 Å². The molecule has 2 aromatic rings. The van der Waals surface area contributed by atoms with E-state index >= 15 is 0 Å². The molecule has 1 saturated heterocycles. The van der Waals surface area contributed by atoms with E-state index in [2.05, 4.69) is 9.88 Å². The highest BCUT2D eigenvalue weighted by atomic mass is 19.1. The molecule has 0 spiro atoms. The third-order valence-electron chi connectivity index (χ3n) is 4.45. The number of anilines is 1. The fraction of sp³-hybridized carbons (Fsp3) is 0.333. The Labute approximate surface area is 139 Å². The fourth-order valence-electron chi connectivity index (χ4n) is 3.23. The number of aliphatic hydroxyl groups excluding tert-OH is 1. The van der Waals surface area contributed by atoms with Gasteiger partial charge in [0, 0.05) is 24.5 Å². The molecule has 1 amide bonds. The zero-order valence-electron chi connectivity index (χ0n) is 13.2. The van der Waals surface area contributed by atoms with Gasteiger partial charge in [0.1, 0.15) is 11.5 Å². The van der Waals surface area contributed by atoms with E-state index in [1.165, 1.54) is 12.1 Å². The molecule has 6 heteroatoms. The van der Waals surface area contributed by atoms with Crippen LogP contribution in [0.3, 0.4) is 0 Å². The van der Waals surface area contributed by atoms with E-state index < -0.39 is 12.0 Å². The topological polar surface area (TPSA) is 79.5 Å². The second-order valence-electron chi connectivity index (χ2n) is 6.06. The van der Waals surface area contributed by atoms with E-state index in [0.29, 0.717) is 12.0 Å². The van der Waals surface area contributed by atoms with Gasteiger partial charge in [0.2, 0.25) is 0 Å². The number of halogens is 1. The van der Waals surface area contributed by atoms with E-state index in [-0.39, 0.29) is 17.6 Å². The molecule has 1 aromatic heterocycles. The number of aliphatic hydroxyl groups is 1. The molecule has 2 heterocycles. The highest BCUT2D eigenvalue weighted by Crippen LogP contribution is 2.31. The molecular formula is C18H20FN3O2. The van der Waals surface area contributed by atoms with Crippen LogP contribution in [-0.2, 0) is 0 Å². The van der Waals surface area contributed by atoms with Crippen LogP contribution in [0.25, 0.3) is 0 Å². The monoisotopic (exact) mass is 329 g/mol. The average Bonchev–Trinajstić information content (AvgIpc) is 3.03. The van der Waals surface area contributed by atoms with Crippen molar-refractivity contribution in [3.05, 3.63) is 59.7 Å². The summed E-state index contributed by atoms with van der Waals surface area (Å²) in [4.78, 5) is 17.4. The Morgan fingerprint density at radius 3 is 2.83 bits per heavy atom. The molecule has 2 atom stereocenters. The molecule has 1 aromatic carbocycles. The first-order chi connectivity index (χ1) is 11.5. The van der Waals surface area contributed by atoms with Crippen molar-refractivity contribution in [1.82, 2.24) is 4.98 Å². The van der Waals surface area contributed by atoms with Crippen molar-refractivity contribution >= 4 is 11.6 Å². The third kappa shape index (κ3) is 3.54. The predicted octanol–water partition coefficient (Wildman–Crippen LogP) is 2.41. The van der Waals surface area contributed by atoms with Gasteiger partial charge in [-0.2, -0.15) is 0 Å². The van der Waals surface area contributed by atoms with Gasteiger partial charge < -0.3 is 15.7 Å². The highest BCUT2D eigenvalue weighted by molar-refractivity contribution is 5.91. The van der Waals surface area contributed by atoms with Crippen LogP contribution in [0.1, 0.15) is 41.4 Å². The van der Waals surface area contributed by atoms with Crippen molar-refractivity contribution in [2.45, 2.75) is 31.4 Å². The van der Waals surface area contributed by atoms with Crippen LogP contribution in [-0.4, -0.2) is 28.6 Å². The summed E-state index contributed by atoms with van der Waals surface area (Å²) in [5, 5.41) is 10.4. The van der Waals surface area contributed by atoms with Crippen molar-refractivity contribution in [3.63, 3.8) is 0 Å². The fourth-order valence-corrected chi connectivity index (χ4v) is 3.23. The first-order valence-electron chi connectivity index (χ1n) is 8.00. The molecule has 1 fully saturated rings. The predicted molar refractivity (Wildman–Crippen MR) is 89.1 cm³/mol. The number of aromatic nitrogens is 1. The number of hydrogen-bond donors (Lipinski definition) is 2. The standard InChI is InChI=1S/C18H20FN3O2/c19-13-5-3-12(4-6-13)17(23)11-14-2-1-9-22(14)15-7-8-21-16(10-15)18(20)24/h3-8,10,14,17,23H,1-2,9,11H2,(H2,20,24). The smallest absolute Gasteiger partial charge is 0.267 e. The summed E-state index contributed by atoms with van der Waals surface area (Å²) in [6, 6.07) is 9.60. The zero-order valence-corrected chi connectivity index (χ0v) is 13.2. The maximum atomic E-state index is 13.0. The number of benzene rings is 1. The molecule has 0 radical (unpaired) electrons. The minimum atomic E-state index is -0.659. The Balaban J connectivity index is 1.74. The second-order valence-corrected chi connectivity index (χ2v) is 6.06. The lowest BCUT2D eigenvalue weighted by Crippen LogP contribution is -2.31. The molecule has 5 nitrogen and oxygen atoms in total. The Hall–Kier alpha value is -2.47. The number of pyridine rings is 1. The summed E-state index contributed by atoms with van der Waals surface area (Å²) in [6.07, 6.45) is 3.41. The first-order valence-corrected chi connectivity index (χ1v) is 8.00. The molecule has 2 unspecified atom stereocenters. The molecule has 3 rings (SSSR count). The summed E-state index contributed by atoms with van der Waals surface area (Å²) < 4.78 is 13.0. The van der Waals surface area contributed by atoms with Gasteiger partial charge in [-0.25, -0.2) is 4.39 Å². The van der Waals surface area contributed by atoms with Crippen LogP contribution in [0.4, 0.5) is 10.1 Å². The Morgan fingerprint density at radius 2 is 2.12 bits per heavy atom. The summed E-state index contributed by atoms with van der Waals surface area (Å²) in [6.45, 7) is 0.850. The van der Waals surface area contributed by atoms with Crippen LogP contribution in [0.5, 0.6) is 0 Å². The Kier molecular flexibility index (Phi) is 4.76. The maximum Gasteiger partial charge on any atom is 0.267 e. The number of amides is 1. The minimum Gasteiger partial charge on any atom is -0.388 e. The number of carbonyl (C=O) groups is 1. The van der Waals surface area contributed by atoms with Crippen LogP contribution in [0.2, 0.25) is 0 Å². The Bertz CT molecular complexity index is 720. The molecule has 126 valence electrons. The zero-order chi connectivity index (χ0) is 17.1. The van der Waals surface area contributed by atoms with Crippen molar-refractivity contribution < 1.29 is 14.3 Å². The molecule has 0 bridgehead atoms. The van der Waals surface area contributed by atoms with Crippen LogP contribution in [0.15, 0.2) is 42.6 Å². The van der Waals surface area contributed by atoms with Gasteiger partial charge in [0.15, 0.2) is 0 Å².